The smallest absolute Gasteiger partial charge is 0.0548 e. The van der Waals surface area contributed by atoms with E-state index in [-0.39, 0.29) is 0 Å². The highest BCUT2D eigenvalue weighted by Crippen LogP contribution is 2.35. The first-order valence-electron chi connectivity index (χ1n) is 4.26. The lowest BCUT2D eigenvalue weighted by atomic mass is 10.1. The summed E-state index contributed by atoms with van der Waals surface area (Å²) in [5.41, 5.74) is 1.37. The van der Waals surface area contributed by atoms with Gasteiger partial charge in [0.1, 0.15) is 0 Å². The summed E-state index contributed by atoms with van der Waals surface area (Å²) >= 11 is 11.5. The molecule has 13 heavy (non-hydrogen) atoms. The molecule has 2 rings (SSSR count). The predicted octanol–water partition coefficient (Wildman–Crippen LogP) is 3.71. The van der Waals surface area contributed by atoms with E-state index in [1.54, 1.807) is 0 Å². The van der Waals surface area contributed by atoms with E-state index in [2.05, 4.69) is 40.2 Å². The van der Waals surface area contributed by atoms with Gasteiger partial charge < -0.3 is 0 Å². The van der Waals surface area contributed by atoms with Crippen LogP contribution in [0.2, 0.25) is 0 Å². The van der Waals surface area contributed by atoms with Gasteiger partial charge in [0.05, 0.1) is 5.38 Å². The molecule has 3 heteroatoms. The molecule has 0 radical (unpaired) electrons. The Kier molecular flexibility index (Phi) is 3.22. The molecular formula is C10H10BrClS. The van der Waals surface area contributed by atoms with E-state index >= 15 is 0 Å². The maximum atomic E-state index is 6.07. The van der Waals surface area contributed by atoms with Gasteiger partial charge >= 0.3 is 0 Å². The highest BCUT2D eigenvalue weighted by Gasteiger charge is 2.29. The van der Waals surface area contributed by atoms with Crippen LogP contribution < -0.4 is 0 Å². The summed E-state index contributed by atoms with van der Waals surface area (Å²) in [6.07, 6.45) is 1.10. The van der Waals surface area contributed by atoms with Crippen molar-refractivity contribution in [3.63, 3.8) is 0 Å². The normalized spacial score (nSPS) is 26.9. The minimum Gasteiger partial charge on any atom is -0.155 e. The zero-order valence-electron chi connectivity index (χ0n) is 7.04. The number of hydrogen-bond donors (Lipinski definition) is 0. The summed E-state index contributed by atoms with van der Waals surface area (Å²) in [4.78, 5) is 0. The molecule has 1 aromatic carbocycles. The van der Waals surface area contributed by atoms with Crippen LogP contribution in [-0.2, 0) is 6.42 Å². The summed E-state index contributed by atoms with van der Waals surface area (Å²) in [6, 6.07) is 8.46. The van der Waals surface area contributed by atoms with Crippen LogP contribution in [0, 0.1) is 0 Å². The molecule has 0 bridgehead atoms. The van der Waals surface area contributed by atoms with Crippen LogP contribution in [0.4, 0.5) is 0 Å². The number of thioether (sulfide) groups is 1. The molecule has 1 aliphatic rings. The lowest BCUT2D eigenvalue weighted by Gasteiger charge is -2.31. The van der Waals surface area contributed by atoms with Crippen molar-refractivity contribution in [2.24, 2.45) is 0 Å². The van der Waals surface area contributed by atoms with E-state index < -0.39 is 0 Å². The molecule has 2 atom stereocenters. The highest BCUT2D eigenvalue weighted by atomic mass is 79.9. The number of halogens is 2. The molecule has 0 aromatic heterocycles. The Labute approximate surface area is 96.2 Å². The number of benzene rings is 1. The molecular weight excluding hydrogens is 268 g/mol. The zero-order chi connectivity index (χ0) is 9.26. The predicted molar refractivity (Wildman–Crippen MR) is 63.7 cm³/mol. The van der Waals surface area contributed by atoms with Crippen LogP contribution in [0.5, 0.6) is 0 Å². The Morgan fingerprint density at radius 2 is 2.38 bits per heavy atom. The fraction of sp³-hybridized carbons (Fsp3) is 0.400. The molecule has 0 amide bonds. The Balaban J connectivity index is 2.01. The third kappa shape index (κ3) is 2.42. The monoisotopic (exact) mass is 276 g/mol. The first kappa shape index (κ1) is 9.88. The van der Waals surface area contributed by atoms with E-state index in [4.69, 9.17) is 11.6 Å². The van der Waals surface area contributed by atoms with Gasteiger partial charge in [-0.05, 0) is 24.1 Å². The molecule has 1 fully saturated rings. The fourth-order valence-electron chi connectivity index (χ4n) is 1.39. The standard InChI is InChI=1S/C10H10BrClS/c11-8-3-1-2-7(4-8)5-10-9(12)6-13-10/h1-4,9-10H,5-6H2. The quantitative estimate of drug-likeness (QED) is 0.743. The Morgan fingerprint density at radius 1 is 1.54 bits per heavy atom. The van der Waals surface area contributed by atoms with E-state index in [1.165, 1.54) is 5.56 Å². The van der Waals surface area contributed by atoms with E-state index in [1.807, 2.05) is 11.8 Å². The summed E-state index contributed by atoms with van der Waals surface area (Å²) in [7, 11) is 0. The van der Waals surface area contributed by atoms with Gasteiger partial charge in [-0.15, -0.1) is 11.6 Å². The number of rotatable bonds is 2. The summed E-state index contributed by atoms with van der Waals surface area (Å²) in [5.74, 6) is 1.11. The fourth-order valence-corrected chi connectivity index (χ4v) is 3.28. The molecule has 1 heterocycles. The van der Waals surface area contributed by atoms with Crippen LogP contribution in [0.1, 0.15) is 5.56 Å². The van der Waals surface area contributed by atoms with Gasteiger partial charge in [0.15, 0.2) is 0 Å². The summed E-state index contributed by atoms with van der Waals surface area (Å²) in [5, 5.41) is 1.000. The largest absolute Gasteiger partial charge is 0.155 e. The van der Waals surface area contributed by atoms with Gasteiger partial charge in [-0.2, -0.15) is 11.8 Å². The number of hydrogen-bond acceptors (Lipinski definition) is 1. The Morgan fingerprint density at radius 3 is 2.92 bits per heavy atom. The second-order valence-corrected chi connectivity index (χ2v) is 5.97. The molecule has 1 aliphatic heterocycles. The van der Waals surface area contributed by atoms with Crippen LogP contribution in [-0.4, -0.2) is 16.4 Å². The van der Waals surface area contributed by atoms with Crippen molar-refractivity contribution < 1.29 is 0 Å². The lowest BCUT2D eigenvalue weighted by molar-refractivity contribution is 0.787. The first-order valence-corrected chi connectivity index (χ1v) is 6.53. The number of alkyl halides is 1. The maximum Gasteiger partial charge on any atom is 0.0548 e. The minimum absolute atomic E-state index is 0.379. The van der Waals surface area contributed by atoms with Crippen LogP contribution in [0.25, 0.3) is 0 Å². The van der Waals surface area contributed by atoms with Crippen LogP contribution in [0.3, 0.4) is 0 Å². The molecule has 1 saturated heterocycles. The van der Waals surface area contributed by atoms with Crippen molar-refractivity contribution in [1.29, 1.82) is 0 Å². The van der Waals surface area contributed by atoms with Crippen molar-refractivity contribution in [3.8, 4) is 0 Å². The molecule has 70 valence electrons. The van der Waals surface area contributed by atoms with Gasteiger partial charge in [0.2, 0.25) is 0 Å². The molecule has 0 spiro atoms. The Bertz CT molecular complexity index is 303. The molecule has 0 saturated carbocycles. The van der Waals surface area contributed by atoms with Crippen molar-refractivity contribution >= 4 is 39.3 Å². The third-order valence-corrected chi connectivity index (χ3v) is 4.96. The topological polar surface area (TPSA) is 0 Å². The van der Waals surface area contributed by atoms with E-state index in [9.17, 15) is 0 Å². The SMILES string of the molecule is ClC1CSC1Cc1cccc(Br)c1. The van der Waals surface area contributed by atoms with Crippen molar-refractivity contribution in [2.75, 3.05) is 5.75 Å². The Hall–Kier alpha value is 0.340. The van der Waals surface area contributed by atoms with Gasteiger partial charge in [-0.3, -0.25) is 0 Å². The van der Waals surface area contributed by atoms with Crippen LogP contribution in [0.15, 0.2) is 28.7 Å². The van der Waals surface area contributed by atoms with Gasteiger partial charge in [-0.1, -0.05) is 28.1 Å². The lowest BCUT2D eigenvalue weighted by Crippen LogP contribution is -2.33. The molecule has 0 nitrogen and oxygen atoms in total. The summed E-state index contributed by atoms with van der Waals surface area (Å²) < 4.78 is 1.15. The average molecular weight is 278 g/mol. The molecule has 2 unspecified atom stereocenters. The molecule has 1 aromatic rings. The van der Waals surface area contributed by atoms with Gasteiger partial charge in [0.25, 0.3) is 0 Å². The van der Waals surface area contributed by atoms with E-state index in [0.717, 1.165) is 16.6 Å². The second-order valence-electron chi connectivity index (χ2n) is 3.22. The van der Waals surface area contributed by atoms with Crippen LogP contribution >= 0.6 is 39.3 Å². The van der Waals surface area contributed by atoms with Gasteiger partial charge in [-0.25, -0.2) is 0 Å². The van der Waals surface area contributed by atoms with Crippen molar-refractivity contribution in [3.05, 3.63) is 34.3 Å². The maximum absolute atomic E-state index is 6.07. The van der Waals surface area contributed by atoms with Crippen molar-refractivity contribution in [1.82, 2.24) is 0 Å². The second kappa shape index (κ2) is 4.24. The van der Waals surface area contributed by atoms with Gasteiger partial charge in [0, 0.05) is 15.5 Å². The highest BCUT2D eigenvalue weighted by molar-refractivity contribution is 9.10. The molecule has 0 N–H and O–H groups in total. The minimum atomic E-state index is 0.379. The summed E-state index contributed by atoms with van der Waals surface area (Å²) in [6.45, 7) is 0. The van der Waals surface area contributed by atoms with E-state index in [0.29, 0.717) is 10.6 Å². The first-order chi connectivity index (χ1) is 6.25. The zero-order valence-corrected chi connectivity index (χ0v) is 10.2. The average Bonchev–Trinajstić information content (AvgIpc) is 2.12. The van der Waals surface area contributed by atoms with Crippen molar-refractivity contribution in [2.45, 2.75) is 17.0 Å². The third-order valence-electron chi connectivity index (χ3n) is 2.20. The molecule has 0 aliphatic carbocycles.